The number of ether oxygens (including phenoxy) is 2. The number of carboxylic acid groups (broad SMARTS) is 1. The van der Waals surface area contributed by atoms with Crippen LogP contribution in [0.4, 0.5) is 4.79 Å². The zero-order chi connectivity index (χ0) is 17.9. The van der Waals surface area contributed by atoms with E-state index in [1.165, 1.54) is 32.1 Å². The minimum absolute atomic E-state index is 0.124. The van der Waals surface area contributed by atoms with Crippen molar-refractivity contribution in [2.24, 2.45) is 0 Å². The summed E-state index contributed by atoms with van der Waals surface area (Å²) in [7, 11) is 2.94. The predicted molar refractivity (Wildman–Crippen MR) is 86.1 cm³/mol. The first-order valence-electron chi connectivity index (χ1n) is 7.57. The SMILES string of the molecule is COc1cc(C(C)=O)c(O)c(CN2CCN(C(=O)O)CC2)c1OC. The molecule has 132 valence electrons. The van der Waals surface area contributed by atoms with E-state index in [1.54, 1.807) is 0 Å². The number of piperazine rings is 1. The van der Waals surface area contributed by atoms with Gasteiger partial charge in [-0.1, -0.05) is 0 Å². The fourth-order valence-corrected chi connectivity index (χ4v) is 2.80. The van der Waals surface area contributed by atoms with Crippen LogP contribution >= 0.6 is 0 Å². The third-order valence-electron chi connectivity index (χ3n) is 4.14. The number of carbonyl (C=O) groups excluding carboxylic acids is 1. The summed E-state index contributed by atoms with van der Waals surface area (Å²) in [5.41, 5.74) is 0.637. The molecular formula is C16H22N2O6. The van der Waals surface area contributed by atoms with Gasteiger partial charge in [0.15, 0.2) is 17.3 Å². The van der Waals surface area contributed by atoms with E-state index in [4.69, 9.17) is 14.6 Å². The van der Waals surface area contributed by atoms with Gasteiger partial charge in [-0.05, 0) is 13.0 Å². The van der Waals surface area contributed by atoms with Crippen LogP contribution in [0.25, 0.3) is 0 Å². The predicted octanol–water partition coefficient (Wildman–Crippen LogP) is 1.41. The van der Waals surface area contributed by atoms with Crippen molar-refractivity contribution in [3.8, 4) is 17.2 Å². The van der Waals surface area contributed by atoms with Gasteiger partial charge in [0.05, 0.1) is 25.3 Å². The molecule has 1 aromatic rings. The second kappa shape index (κ2) is 7.39. The molecule has 1 heterocycles. The number of ketones is 1. The van der Waals surface area contributed by atoms with Gasteiger partial charge in [-0.3, -0.25) is 9.69 Å². The second-order valence-electron chi connectivity index (χ2n) is 5.59. The van der Waals surface area contributed by atoms with Gasteiger partial charge in [0, 0.05) is 32.7 Å². The van der Waals surface area contributed by atoms with Gasteiger partial charge in [0.25, 0.3) is 0 Å². The summed E-state index contributed by atoms with van der Waals surface area (Å²) >= 11 is 0. The Kier molecular flexibility index (Phi) is 5.50. The van der Waals surface area contributed by atoms with Crippen molar-refractivity contribution in [1.29, 1.82) is 0 Å². The largest absolute Gasteiger partial charge is 0.507 e. The van der Waals surface area contributed by atoms with E-state index in [1.807, 2.05) is 4.90 Å². The average Bonchev–Trinajstić information content (AvgIpc) is 2.56. The number of phenolic OH excluding ortho intramolecular Hbond substituents is 1. The zero-order valence-electron chi connectivity index (χ0n) is 14.0. The molecule has 2 rings (SSSR count). The monoisotopic (exact) mass is 338 g/mol. The lowest BCUT2D eigenvalue weighted by Crippen LogP contribution is -2.47. The lowest BCUT2D eigenvalue weighted by atomic mass is 10.0. The number of phenols is 1. The van der Waals surface area contributed by atoms with Crippen LogP contribution in [0.15, 0.2) is 6.07 Å². The van der Waals surface area contributed by atoms with E-state index in [9.17, 15) is 14.7 Å². The molecule has 8 nitrogen and oxygen atoms in total. The van der Waals surface area contributed by atoms with Crippen molar-refractivity contribution in [2.75, 3.05) is 40.4 Å². The normalized spacial score (nSPS) is 15.2. The lowest BCUT2D eigenvalue weighted by molar-refractivity contribution is 0.0995. The molecule has 0 bridgehead atoms. The first-order chi connectivity index (χ1) is 11.4. The number of hydrogen-bond donors (Lipinski definition) is 2. The van der Waals surface area contributed by atoms with E-state index in [-0.39, 0.29) is 17.1 Å². The van der Waals surface area contributed by atoms with E-state index in [2.05, 4.69) is 0 Å². The third kappa shape index (κ3) is 3.53. The van der Waals surface area contributed by atoms with Crippen molar-refractivity contribution < 1.29 is 29.3 Å². The molecular weight excluding hydrogens is 316 g/mol. The fourth-order valence-electron chi connectivity index (χ4n) is 2.80. The Morgan fingerprint density at radius 3 is 2.25 bits per heavy atom. The number of methoxy groups -OCH3 is 2. The fraction of sp³-hybridized carbons (Fsp3) is 0.500. The van der Waals surface area contributed by atoms with Gasteiger partial charge in [-0.15, -0.1) is 0 Å². The quantitative estimate of drug-likeness (QED) is 0.783. The van der Waals surface area contributed by atoms with Crippen LogP contribution in [-0.4, -0.2) is 72.3 Å². The maximum Gasteiger partial charge on any atom is 0.407 e. The molecule has 0 spiro atoms. The van der Waals surface area contributed by atoms with E-state index >= 15 is 0 Å². The molecule has 0 aromatic heterocycles. The smallest absolute Gasteiger partial charge is 0.407 e. The Morgan fingerprint density at radius 1 is 1.17 bits per heavy atom. The third-order valence-corrected chi connectivity index (χ3v) is 4.14. The van der Waals surface area contributed by atoms with E-state index in [0.29, 0.717) is 49.8 Å². The highest BCUT2D eigenvalue weighted by Gasteiger charge is 2.26. The molecule has 0 saturated carbocycles. The maximum absolute atomic E-state index is 11.8. The van der Waals surface area contributed by atoms with Gasteiger partial charge < -0.3 is 24.6 Å². The van der Waals surface area contributed by atoms with Crippen molar-refractivity contribution >= 4 is 11.9 Å². The van der Waals surface area contributed by atoms with Gasteiger partial charge in [0.1, 0.15) is 5.75 Å². The van der Waals surface area contributed by atoms with Crippen molar-refractivity contribution in [3.05, 3.63) is 17.2 Å². The summed E-state index contributed by atoms with van der Waals surface area (Å²) in [5.74, 6) is 0.353. The van der Waals surface area contributed by atoms with Crippen LogP contribution < -0.4 is 9.47 Å². The molecule has 8 heteroatoms. The van der Waals surface area contributed by atoms with E-state index in [0.717, 1.165) is 0 Å². The molecule has 1 fully saturated rings. The van der Waals surface area contributed by atoms with Crippen LogP contribution in [0.2, 0.25) is 0 Å². The van der Waals surface area contributed by atoms with Gasteiger partial charge >= 0.3 is 6.09 Å². The Bertz CT molecular complexity index is 638. The Hall–Kier alpha value is -2.48. The summed E-state index contributed by atoms with van der Waals surface area (Å²) in [5, 5.41) is 19.5. The average molecular weight is 338 g/mol. The first-order valence-corrected chi connectivity index (χ1v) is 7.57. The Balaban J connectivity index is 2.30. The van der Waals surface area contributed by atoms with Crippen LogP contribution in [0.1, 0.15) is 22.8 Å². The summed E-state index contributed by atoms with van der Waals surface area (Å²) in [6, 6.07) is 1.46. The molecule has 1 saturated heterocycles. The number of amides is 1. The van der Waals surface area contributed by atoms with Crippen LogP contribution in [0.3, 0.4) is 0 Å². The van der Waals surface area contributed by atoms with Crippen LogP contribution in [0.5, 0.6) is 17.2 Å². The summed E-state index contributed by atoms with van der Waals surface area (Å²) in [4.78, 5) is 26.1. The highest BCUT2D eigenvalue weighted by atomic mass is 16.5. The number of nitrogens with zero attached hydrogens (tertiary/aromatic N) is 2. The minimum atomic E-state index is -0.935. The zero-order valence-corrected chi connectivity index (χ0v) is 14.0. The number of carbonyl (C=O) groups is 2. The summed E-state index contributed by atoms with van der Waals surface area (Å²) < 4.78 is 10.6. The number of Topliss-reactive ketones (excluding diaryl/α,β-unsaturated/α-hetero) is 1. The number of aromatic hydroxyl groups is 1. The minimum Gasteiger partial charge on any atom is -0.507 e. The van der Waals surface area contributed by atoms with Crippen molar-refractivity contribution in [1.82, 2.24) is 9.80 Å². The Labute approximate surface area is 140 Å². The lowest BCUT2D eigenvalue weighted by Gasteiger charge is -2.33. The number of hydrogen-bond acceptors (Lipinski definition) is 6. The second-order valence-corrected chi connectivity index (χ2v) is 5.59. The number of benzene rings is 1. The highest BCUT2D eigenvalue weighted by Crippen LogP contribution is 2.40. The van der Waals surface area contributed by atoms with Crippen LogP contribution in [0, 0.1) is 0 Å². The molecule has 1 aliphatic heterocycles. The Morgan fingerprint density at radius 2 is 1.79 bits per heavy atom. The van der Waals surface area contributed by atoms with Crippen molar-refractivity contribution in [2.45, 2.75) is 13.5 Å². The van der Waals surface area contributed by atoms with Gasteiger partial charge in [-0.25, -0.2) is 4.79 Å². The maximum atomic E-state index is 11.8. The molecule has 24 heavy (non-hydrogen) atoms. The molecule has 0 radical (unpaired) electrons. The molecule has 0 unspecified atom stereocenters. The molecule has 2 N–H and O–H groups in total. The first kappa shape index (κ1) is 17.9. The van der Waals surface area contributed by atoms with Crippen molar-refractivity contribution in [3.63, 3.8) is 0 Å². The summed E-state index contributed by atoms with van der Waals surface area (Å²) in [6.45, 7) is 3.54. The molecule has 0 aliphatic carbocycles. The van der Waals surface area contributed by atoms with E-state index < -0.39 is 6.09 Å². The standard InChI is InChI=1S/C16H22N2O6/c1-10(19)11-8-13(23-2)15(24-3)12(14(11)20)9-17-4-6-18(7-5-17)16(21)22/h8,20H,4-7,9H2,1-3H3,(H,21,22). The molecule has 1 amide bonds. The highest BCUT2D eigenvalue weighted by molar-refractivity contribution is 5.98. The topological polar surface area (TPSA) is 99.5 Å². The molecule has 0 atom stereocenters. The number of rotatable bonds is 5. The molecule has 1 aliphatic rings. The molecule has 1 aromatic carbocycles. The summed E-state index contributed by atoms with van der Waals surface area (Å²) in [6.07, 6.45) is -0.935. The van der Waals surface area contributed by atoms with Crippen LogP contribution in [-0.2, 0) is 6.54 Å². The van der Waals surface area contributed by atoms with Gasteiger partial charge in [0.2, 0.25) is 0 Å². The van der Waals surface area contributed by atoms with Gasteiger partial charge in [-0.2, -0.15) is 0 Å².